The Bertz CT molecular complexity index is 559. The second-order valence-electron chi connectivity index (χ2n) is 4.74. The Balaban J connectivity index is 2.02. The summed E-state index contributed by atoms with van der Waals surface area (Å²) in [5.41, 5.74) is 3.98. The number of nitrogens with zero attached hydrogens (tertiary/aromatic N) is 5. The molecule has 0 saturated carbocycles. The van der Waals surface area contributed by atoms with E-state index in [0.717, 1.165) is 11.4 Å². The lowest BCUT2D eigenvalue weighted by Gasteiger charge is -2.05. The quantitative estimate of drug-likeness (QED) is 0.540. The van der Waals surface area contributed by atoms with Crippen molar-refractivity contribution in [1.82, 2.24) is 5.12 Å². The third-order valence-electron chi connectivity index (χ3n) is 2.88. The first kappa shape index (κ1) is 14.8. The van der Waals surface area contributed by atoms with Crippen molar-refractivity contribution in [3.8, 4) is 0 Å². The third-order valence-corrected chi connectivity index (χ3v) is 2.88. The van der Waals surface area contributed by atoms with Crippen molar-refractivity contribution >= 4 is 11.4 Å². The van der Waals surface area contributed by atoms with Crippen molar-refractivity contribution in [2.24, 2.45) is 20.7 Å². The van der Waals surface area contributed by atoms with Gasteiger partial charge in [0.15, 0.2) is 0 Å². The van der Waals surface area contributed by atoms with Gasteiger partial charge in [-0.25, -0.2) is 0 Å². The summed E-state index contributed by atoms with van der Waals surface area (Å²) in [5, 5.41) is 17.9. The Labute approximate surface area is 125 Å². The summed E-state index contributed by atoms with van der Waals surface area (Å²) in [4.78, 5) is 0. The highest BCUT2D eigenvalue weighted by molar-refractivity contribution is 5.38. The summed E-state index contributed by atoms with van der Waals surface area (Å²) in [6, 6.07) is 15.7. The van der Waals surface area contributed by atoms with E-state index in [1.807, 2.05) is 69.3 Å². The molecule has 0 aliphatic rings. The molecule has 0 amide bonds. The summed E-state index contributed by atoms with van der Waals surface area (Å²) in [6.07, 6.45) is 0. The summed E-state index contributed by atoms with van der Waals surface area (Å²) in [7, 11) is 0. The van der Waals surface area contributed by atoms with E-state index < -0.39 is 0 Å². The monoisotopic (exact) mass is 281 g/mol. The highest BCUT2D eigenvalue weighted by Crippen LogP contribution is 2.15. The molecule has 0 unspecified atom stereocenters. The Morgan fingerprint density at radius 2 is 1.10 bits per heavy atom. The van der Waals surface area contributed by atoms with E-state index in [9.17, 15) is 0 Å². The maximum Gasteiger partial charge on any atom is 0.0875 e. The number of aryl methyl sites for hydroxylation is 2. The van der Waals surface area contributed by atoms with Gasteiger partial charge in [-0.2, -0.15) is 0 Å². The molecule has 0 bridgehead atoms. The molecule has 0 fully saturated rings. The van der Waals surface area contributed by atoms with E-state index in [1.54, 1.807) is 0 Å². The lowest BCUT2D eigenvalue weighted by molar-refractivity contribution is 0.281. The van der Waals surface area contributed by atoms with Crippen LogP contribution < -0.4 is 0 Å². The first-order valence-electron chi connectivity index (χ1n) is 6.91. The van der Waals surface area contributed by atoms with E-state index in [4.69, 9.17) is 0 Å². The molecule has 0 heterocycles. The van der Waals surface area contributed by atoms with Crippen LogP contribution in [-0.4, -0.2) is 11.7 Å². The molecule has 5 nitrogen and oxygen atoms in total. The van der Waals surface area contributed by atoms with Crippen molar-refractivity contribution in [2.75, 3.05) is 6.54 Å². The van der Waals surface area contributed by atoms with Gasteiger partial charge in [-0.1, -0.05) is 35.4 Å². The molecule has 108 valence electrons. The van der Waals surface area contributed by atoms with Crippen molar-refractivity contribution in [3.63, 3.8) is 0 Å². The van der Waals surface area contributed by atoms with Crippen LogP contribution >= 0.6 is 0 Å². The highest BCUT2D eigenvalue weighted by atomic mass is 15.7. The lowest BCUT2D eigenvalue weighted by Crippen LogP contribution is -2.06. The molecule has 21 heavy (non-hydrogen) atoms. The molecule has 0 saturated heterocycles. The fourth-order valence-electron chi connectivity index (χ4n) is 1.57. The molecule has 2 rings (SSSR count). The molecular formula is C16H19N5. The van der Waals surface area contributed by atoms with E-state index in [0.29, 0.717) is 6.54 Å². The van der Waals surface area contributed by atoms with Crippen LogP contribution in [-0.2, 0) is 0 Å². The second-order valence-corrected chi connectivity index (χ2v) is 4.74. The summed E-state index contributed by atoms with van der Waals surface area (Å²) >= 11 is 0. The normalized spacial score (nSPS) is 11.4. The molecule has 0 aliphatic heterocycles. The predicted molar refractivity (Wildman–Crippen MR) is 83.8 cm³/mol. The van der Waals surface area contributed by atoms with Gasteiger partial charge >= 0.3 is 0 Å². The predicted octanol–water partition coefficient (Wildman–Crippen LogP) is 5.32. The molecule has 0 spiro atoms. The summed E-state index contributed by atoms with van der Waals surface area (Å²) in [5.74, 6) is 0. The maximum absolute atomic E-state index is 4.14. The van der Waals surface area contributed by atoms with Crippen LogP contribution in [0.25, 0.3) is 0 Å². The summed E-state index contributed by atoms with van der Waals surface area (Å²) < 4.78 is 0. The number of benzene rings is 2. The molecule has 0 radical (unpaired) electrons. The largest absolute Gasteiger partial charge is 0.147 e. The average Bonchev–Trinajstić information content (AvgIpc) is 2.51. The van der Waals surface area contributed by atoms with Crippen LogP contribution in [0, 0.1) is 13.8 Å². The minimum Gasteiger partial charge on any atom is -0.147 e. The second kappa shape index (κ2) is 7.28. The first-order valence-corrected chi connectivity index (χ1v) is 6.91. The fraction of sp³-hybridized carbons (Fsp3) is 0.250. The molecular weight excluding hydrogens is 262 g/mol. The zero-order valence-electron chi connectivity index (χ0n) is 12.6. The smallest absolute Gasteiger partial charge is 0.0875 e. The van der Waals surface area contributed by atoms with Gasteiger partial charge in [-0.15, -0.1) is 15.3 Å². The SMILES string of the molecule is CCN(N=Nc1ccc(C)cc1)N=Nc1ccc(C)cc1. The molecule has 0 N–H and O–H groups in total. The van der Waals surface area contributed by atoms with Gasteiger partial charge in [0.2, 0.25) is 0 Å². The zero-order chi connectivity index (χ0) is 15.1. The Morgan fingerprint density at radius 3 is 1.43 bits per heavy atom. The van der Waals surface area contributed by atoms with Gasteiger partial charge in [0.25, 0.3) is 0 Å². The van der Waals surface area contributed by atoms with Crippen molar-refractivity contribution in [1.29, 1.82) is 0 Å². The van der Waals surface area contributed by atoms with Crippen LogP contribution in [0.1, 0.15) is 18.1 Å². The van der Waals surface area contributed by atoms with Gasteiger partial charge in [0, 0.05) is 0 Å². The first-order chi connectivity index (χ1) is 10.2. The molecule has 0 aromatic heterocycles. The molecule has 2 aromatic rings. The Hall–Kier alpha value is -2.56. The molecule has 2 aromatic carbocycles. The van der Waals surface area contributed by atoms with Crippen molar-refractivity contribution in [2.45, 2.75) is 20.8 Å². The van der Waals surface area contributed by atoms with Crippen LogP contribution in [0.4, 0.5) is 11.4 Å². The molecule has 0 atom stereocenters. The lowest BCUT2D eigenvalue weighted by atomic mass is 10.2. The van der Waals surface area contributed by atoms with Crippen LogP contribution in [0.15, 0.2) is 69.2 Å². The maximum atomic E-state index is 4.14. The number of hydrogen-bond donors (Lipinski definition) is 0. The van der Waals surface area contributed by atoms with Crippen molar-refractivity contribution in [3.05, 3.63) is 59.7 Å². The number of rotatable bonds is 5. The molecule has 5 heteroatoms. The Kier molecular flexibility index (Phi) is 5.15. The van der Waals surface area contributed by atoms with E-state index >= 15 is 0 Å². The van der Waals surface area contributed by atoms with Crippen LogP contribution in [0.3, 0.4) is 0 Å². The van der Waals surface area contributed by atoms with Gasteiger partial charge in [0.1, 0.15) is 0 Å². The van der Waals surface area contributed by atoms with E-state index in [-0.39, 0.29) is 0 Å². The van der Waals surface area contributed by atoms with Crippen LogP contribution in [0.5, 0.6) is 0 Å². The zero-order valence-corrected chi connectivity index (χ0v) is 12.6. The number of hydrogen-bond acceptors (Lipinski definition) is 4. The Morgan fingerprint density at radius 1 is 0.714 bits per heavy atom. The van der Waals surface area contributed by atoms with Gasteiger partial charge in [0.05, 0.1) is 17.9 Å². The standard InChI is InChI=1S/C16H19N5/c1-4-21(19-17-15-9-5-13(2)6-10-15)20-18-16-11-7-14(3)8-12-16/h5-12H,4H2,1-3H3. The highest BCUT2D eigenvalue weighted by Gasteiger charge is 1.96. The topological polar surface area (TPSA) is 52.7 Å². The minimum atomic E-state index is 0.602. The van der Waals surface area contributed by atoms with Crippen molar-refractivity contribution < 1.29 is 0 Å². The van der Waals surface area contributed by atoms with Gasteiger partial charge < -0.3 is 0 Å². The van der Waals surface area contributed by atoms with Gasteiger partial charge in [-0.3, -0.25) is 0 Å². The summed E-state index contributed by atoms with van der Waals surface area (Å²) in [6.45, 7) is 6.62. The fourth-order valence-corrected chi connectivity index (χ4v) is 1.57. The van der Waals surface area contributed by atoms with E-state index in [2.05, 4.69) is 20.7 Å². The molecule has 0 aliphatic carbocycles. The van der Waals surface area contributed by atoms with Crippen LogP contribution in [0.2, 0.25) is 0 Å². The average molecular weight is 281 g/mol. The van der Waals surface area contributed by atoms with E-state index in [1.165, 1.54) is 16.2 Å². The van der Waals surface area contributed by atoms with Gasteiger partial charge in [-0.05, 0) is 55.5 Å². The minimum absolute atomic E-state index is 0.602. The third kappa shape index (κ3) is 4.80.